The van der Waals surface area contributed by atoms with E-state index in [0.717, 1.165) is 10.5 Å². The fourth-order valence-corrected chi connectivity index (χ4v) is 4.43. The summed E-state index contributed by atoms with van der Waals surface area (Å²) in [4.78, 5) is 38.5. The van der Waals surface area contributed by atoms with Crippen molar-refractivity contribution >= 4 is 45.9 Å². The number of thiophene rings is 1. The van der Waals surface area contributed by atoms with Crippen LogP contribution in [0, 0.1) is 0 Å². The molecule has 9 heteroatoms. The van der Waals surface area contributed by atoms with Crippen LogP contribution in [-0.4, -0.2) is 44.4 Å². The quantitative estimate of drug-likeness (QED) is 0.332. The molecule has 0 radical (unpaired) electrons. The predicted octanol–water partition coefficient (Wildman–Crippen LogP) is 5.12. The average Bonchev–Trinajstić information content (AvgIpc) is 3.26. The van der Waals surface area contributed by atoms with Crippen molar-refractivity contribution < 1.29 is 28.6 Å². The summed E-state index contributed by atoms with van der Waals surface area (Å²) in [5, 5.41) is 4.77. The standard InChI is InChI=1S/C24H23NO6S2/c1-4-30-24(28)21-18(15-8-6-5-7-9-15)14-33-22(21)25-20(26)13-31-23(27)17-11-10-16(32-3)12-19(17)29-2/h5-12,14H,4,13H2,1-3H3,(H,25,26). The van der Waals surface area contributed by atoms with Gasteiger partial charge in [0.1, 0.15) is 21.9 Å². The Bertz CT molecular complexity index is 1140. The highest BCUT2D eigenvalue weighted by molar-refractivity contribution is 7.98. The molecule has 172 valence electrons. The zero-order valence-corrected chi connectivity index (χ0v) is 20.0. The number of amides is 1. The second-order valence-corrected chi connectivity index (χ2v) is 8.39. The van der Waals surface area contributed by atoms with Gasteiger partial charge in [0.15, 0.2) is 6.61 Å². The Balaban J connectivity index is 1.73. The van der Waals surface area contributed by atoms with Crippen LogP contribution in [0.2, 0.25) is 0 Å². The molecule has 2 aromatic carbocycles. The molecular formula is C24H23NO6S2. The summed E-state index contributed by atoms with van der Waals surface area (Å²) in [5.74, 6) is -1.43. The van der Waals surface area contributed by atoms with Gasteiger partial charge >= 0.3 is 11.9 Å². The van der Waals surface area contributed by atoms with Crippen molar-refractivity contribution in [1.82, 2.24) is 0 Å². The zero-order valence-electron chi connectivity index (χ0n) is 18.4. The number of hydrogen-bond donors (Lipinski definition) is 1. The number of rotatable bonds is 9. The van der Waals surface area contributed by atoms with Crippen LogP contribution in [0.1, 0.15) is 27.6 Å². The van der Waals surface area contributed by atoms with Crippen LogP contribution in [0.15, 0.2) is 58.8 Å². The molecule has 0 saturated heterocycles. The third-order valence-electron chi connectivity index (χ3n) is 4.57. The van der Waals surface area contributed by atoms with Gasteiger partial charge in [0.05, 0.1) is 13.7 Å². The molecule has 1 N–H and O–H groups in total. The van der Waals surface area contributed by atoms with Gasteiger partial charge in [-0.3, -0.25) is 4.79 Å². The summed E-state index contributed by atoms with van der Waals surface area (Å²) in [6, 6.07) is 14.4. The Kier molecular flexibility index (Phi) is 8.51. The Morgan fingerprint density at radius 3 is 2.45 bits per heavy atom. The minimum absolute atomic E-state index is 0.199. The SMILES string of the molecule is CCOC(=O)c1c(-c2ccccc2)csc1NC(=O)COC(=O)c1ccc(SC)cc1OC. The number of benzene rings is 2. The maximum absolute atomic E-state index is 12.6. The monoisotopic (exact) mass is 485 g/mol. The number of methoxy groups -OCH3 is 1. The number of thioether (sulfide) groups is 1. The number of esters is 2. The third-order valence-corrected chi connectivity index (χ3v) is 6.19. The average molecular weight is 486 g/mol. The van der Waals surface area contributed by atoms with E-state index < -0.39 is 24.5 Å². The minimum Gasteiger partial charge on any atom is -0.496 e. The van der Waals surface area contributed by atoms with Gasteiger partial charge in [-0.1, -0.05) is 30.3 Å². The molecule has 0 spiro atoms. The lowest BCUT2D eigenvalue weighted by Crippen LogP contribution is -2.22. The van der Waals surface area contributed by atoms with Gasteiger partial charge in [-0.05, 0) is 36.9 Å². The van der Waals surface area contributed by atoms with Gasteiger partial charge < -0.3 is 19.5 Å². The Labute approximate surface area is 200 Å². The van der Waals surface area contributed by atoms with Crippen LogP contribution in [0.3, 0.4) is 0 Å². The lowest BCUT2D eigenvalue weighted by atomic mass is 10.0. The molecule has 1 amide bonds. The lowest BCUT2D eigenvalue weighted by molar-refractivity contribution is -0.119. The van der Waals surface area contributed by atoms with Crippen molar-refractivity contribution in [2.75, 3.05) is 31.9 Å². The zero-order chi connectivity index (χ0) is 23.8. The first kappa shape index (κ1) is 24.3. The molecule has 3 rings (SSSR count). The van der Waals surface area contributed by atoms with Crippen LogP contribution >= 0.6 is 23.1 Å². The van der Waals surface area contributed by atoms with Crippen LogP contribution in [0.5, 0.6) is 5.75 Å². The van der Waals surface area contributed by atoms with E-state index in [1.807, 2.05) is 36.6 Å². The molecule has 0 bridgehead atoms. The Hall–Kier alpha value is -3.30. The van der Waals surface area contributed by atoms with Gasteiger partial charge in [0.25, 0.3) is 5.91 Å². The van der Waals surface area contributed by atoms with Gasteiger partial charge in [-0.2, -0.15) is 0 Å². The number of hydrogen-bond acceptors (Lipinski definition) is 8. The van der Waals surface area contributed by atoms with Crippen molar-refractivity contribution in [2.24, 2.45) is 0 Å². The predicted molar refractivity (Wildman–Crippen MR) is 129 cm³/mol. The molecule has 33 heavy (non-hydrogen) atoms. The molecule has 0 aliphatic heterocycles. The molecule has 0 fully saturated rings. The van der Waals surface area contributed by atoms with Gasteiger partial charge in [-0.25, -0.2) is 9.59 Å². The van der Waals surface area contributed by atoms with E-state index in [2.05, 4.69) is 5.32 Å². The number of nitrogens with one attached hydrogen (secondary N) is 1. The van der Waals surface area contributed by atoms with Crippen LogP contribution in [0.25, 0.3) is 11.1 Å². The van der Waals surface area contributed by atoms with Gasteiger partial charge in [-0.15, -0.1) is 23.1 Å². The first-order chi connectivity index (χ1) is 16.0. The second kappa shape index (κ2) is 11.5. The number of anilines is 1. The van der Waals surface area contributed by atoms with Crippen molar-refractivity contribution in [3.8, 4) is 16.9 Å². The molecular weight excluding hydrogens is 462 g/mol. The first-order valence-corrected chi connectivity index (χ1v) is 12.1. The van der Waals surface area contributed by atoms with Crippen molar-refractivity contribution in [1.29, 1.82) is 0 Å². The molecule has 1 heterocycles. The summed E-state index contributed by atoms with van der Waals surface area (Å²) in [7, 11) is 1.46. The fraction of sp³-hybridized carbons (Fsp3) is 0.208. The topological polar surface area (TPSA) is 90.9 Å². The molecule has 0 saturated carbocycles. The number of carbonyl (C=O) groups is 3. The number of ether oxygens (including phenoxy) is 3. The first-order valence-electron chi connectivity index (χ1n) is 10.0. The normalized spacial score (nSPS) is 10.4. The molecule has 0 unspecified atom stereocenters. The summed E-state index contributed by atoms with van der Waals surface area (Å²) in [5.41, 5.74) is 1.97. The van der Waals surface area contributed by atoms with E-state index in [0.29, 0.717) is 16.3 Å². The van der Waals surface area contributed by atoms with E-state index in [1.165, 1.54) is 30.2 Å². The van der Waals surface area contributed by atoms with E-state index >= 15 is 0 Å². The maximum Gasteiger partial charge on any atom is 0.342 e. The van der Waals surface area contributed by atoms with E-state index in [9.17, 15) is 14.4 Å². The van der Waals surface area contributed by atoms with Gasteiger partial charge in [0, 0.05) is 15.8 Å². The smallest absolute Gasteiger partial charge is 0.342 e. The fourth-order valence-electron chi connectivity index (χ4n) is 3.02. The molecule has 0 aliphatic rings. The van der Waals surface area contributed by atoms with Crippen molar-refractivity contribution in [3.05, 3.63) is 65.0 Å². The second-order valence-electron chi connectivity index (χ2n) is 6.63. The van der Waals surface area contributed by atoms with E-state index in [1.54, 1.807) is 30.5 Å². The summed E-state index contributed by atoms with van der Waals surface area (Å²) < 4.78 is 15.6. The summed E-state index contributed by atoms with van der Waals surface area (Å²) in [6.45, 7) is 1.39. The molecule has 7 nitrogen and oxygen atoms in total. The molecule has 0 atom stereocenters. The Morgan fingerprint density at radius 1 is 1.03 bits per heavy atom. The molecule has 0 aliphatic carbocycles. The third kappa shape index (κ3) is 5.94. The maximum atomic E-state index is 12.6. The largest absolute Gasteiger partial charge is 0.496 e. The van der Waals surface area contributed by atoms with Crippen LogP contribution in [0.4, 0.5) is 5.00 Å². The van der Waals surface area contributed by atoms with Crippen molar-refractivity contribution in [2.45, 2.75) is 11.8 Å². The van der Waals surface area contributed by atoms with E-state index in [-0.39, 0.29) is 17.7 Å². The van der Waals surface area contributed by atoms with Crippen LogP contribution < -0.4 is 10.1 Å². The summed E-state index contributed by atoms with van der Waals surface area (Å²) >= 11 is 2.71. The minimum atomic E-state index is -0.684. The number of carbonyl (C=O) groups excluding carboxylic acids is 3. The summed E-state index contributed by atoms with van der Waals surface area (Å²) in [6.07, 6.45) is 1.91. The van der Waals surface area contributed by atoms with Crippen LogP contribution in [-0.2, 0) is 14.3 Å². The van der Waals surface area contributed by atoms with Crippen molar-refractivity contribution in [3.63, 3.8) is 0 Å². The highest BCUT2D eigenvalue weighted by Gasteiger charge is 2.23. The Morgan fingerprint density at radius 2 is 1.79 bits per heavy atom. The molecule has 1 aromatic heterocycles. The highest BCUT2D eigenvalue weighted by atomic mass is 32.2. The highest BCUT2D eigenvalue weighted by Crippen LogP contribution is 2.36. The lowest BCUT2D eigenvalue weighted by Gasteiger charge is -2.11. The van der Waals surface area contributed by atoms with E-state index in [4.69, 9.17) is 14.2 Å². The van der Waals surface area contributed by atoms with Gasteiger partial charge in [0.2, 0.25) is 0 Å². The molecule has 3 aromatic rings.